The van der Waals surface area contributed by atoms with Crippen molar-refractivity contribution in [1.82, 2.24) is 0 Å². The largest absolute Gasteiger partial charge is 0.451 e. The van der Waals surface area contributed by atoms with Crippen molar-refractivity contribution in [3.05, 3.63) is 11.6 Å². The third-order valence-electron chi connectivity index (χ3n) is 6.86. The summed E-state index contributed by atoms with van der Waals surface area (Å²) in [5.74, 6) is -0.108. The smallest absolute Gasteiger partial charge is 0.331 e. The van der Waals surface area contributed by atoms with Gasteiger partial charge in [-0.1, -0.05) is 27.2 Å². The van der Waals surface area contributed by atoms with Crippen LogP contribution in [0.15, 0.2) is 11.6 Å². The first-order valence-electron chi connectivity index (χ1n) is 9.12. The van der Waals surface area contributed by atoms with Crippen LogP contribution in [0.3, 0.4) is 0 Å². The molecule has 4 nitrogen and oxygen atoms in total. The second-order valence-electron chi connectivity index (χ2n) is 9.48. The van der Waals surface area contributed by atoms with E-state index in [-0.39, 0.29) is 29.0 Å². The van der Waals surface area contributed by atoms with Crippen LogP contribution in [0.5, 0.6) is 0 Å². The lowest BCUT2D eigenvalue weighted by Gasteiger charge is -2.58. The molecule has 0 spiro atoms. The number of carbonyl (C=O) groups excluding carboxylic acids is 2. The van der Waals surface area contributed by atoms with E-state index < -0.39 is 11.2 Å². The molecule has 0 aromatic carbocycles. The van der Waals surface area contributed by atoms with Gasteiger partial charge in [0.15, 0.2) is 5.78 Å². The lowest BCUT2D eigenvalue weighted by atomic mass is 9.47. The van der Waals surface area contributed by atoms with Gasteiger partial charge in [0.25, 0.3) is 0 Å². The van der Waals surface area contributed by atoms with Crippen LogP contribution in [0, 0.1) is 16.7 Å². The van der Waals surface area contributed by atoms with Crippen LogP contribution in [0.1, 0.15) is 73.1 Å². The highest BCUT2D eigenvalue weighted by molar-refractivity contribution is 5.92. The summed E-state index contributed by atoms with van der Waals surface area (Å²) in [5, 5.41) is 10.1. The molecular weight excluding hydrogens is 304 g/mol. The number of aliphatic hydroxyl groups is 1. The van der Waals surface area contributed by atoms with Gasteiger partial charge < -0.3 is 9.84 Å². The molecule has 24 heavy (non-hydrogen) atoms. The molecule has 2 aliphatic carbocycles. The summed E-state index contributed by atoms with van der Waals surface area (Å²) in [6, 6.07) is 0. The number of fused-ring (bicyclic) bond motifs is 3. The van der Waals surface area contributed by atoms with Crippen LogP contribution < -0.4 is 0 Å². The zero-order chi connectivity index (χ0) is 18.0. The van der Waals surface area contributed by atoms with Gasteiger partial charge in [-0.2, -0.15) is 0 Å². The Morgan fingerprint density at radius 1 is 1.29 bits per heavy atom. The molecule has 0 radical (unpaired) electrons. The summed E-state index contributed by atoms with van der Waals surface area (Å²) in [5.41, 5.74) is -1.12. The van der Waals surface area contributed by atoms with Crippen molar-refractivity contribution in [2.45, 2.75) is 84.3 Å². The van der Waals surface area contributed by atoms with Gasteiger partial charge in [-0.15, -0.1) is 0 Å². The zero-order valence-electron chi connectivity index (χ0n) is 15.6. The second kappa shape index (κ2) is 5.17. The molecule has 3 aliphatic rings. The van der Waals surface area contributed by atoms with E-state index in [0.717, 1.165) is 24.8 Å². The predicted octanol–water partition coefficient (Wildman–Crippen LogP) is 3.56. The Balaban J connectivity index is 2.01. The van der Waals surface area contributed by atoms with Crippen molar-refractivity contribution in [2.24, 2.45) is 16.7 Å². The average molecular weight is 334 g/mol. The molecule has 0 bridgehead atoms. The van der Waals surface area contributed by atoms with Crippen molar-refractivity contribution in [3.63, 3.8) is 0 Å². The van der Waals surface area contributed by atoms with Gasteiger partial charge in [-0.25, -0.2) is 4.79 Å². The van der Waals surface area contributed by atoms with Crippen molar-refractivity contribution >= 4 is 11.8 Å². The quantitative estimate of drug-likeness (QED) is 0.802. The molecule has 0 aromatic heterocycles. The molecule has 0 saturated heterocycles. The molecule has 0 unspecified atom stereocenters. The molecule has 3 atom stereocenters. The maximum Gasteiger partial charge on any atom is 0.331 e. The summed E-state index contributed by atoms with van der Waals surface area (Å²) >= 11 is 0. The lowest BCUT2D eigenvalue weighted by molar-refractivity contribution is -0.158. The number of ketones is 1. The summed E-state index contributed by atoms with van der Waals surface area (Å²) in [6.45, 7) is 9.89. The van der Waals surface area contributed by atoms with E-state index in [2.05, 4.69) is 20.8 Å². The van der Waals surface area contributed by atoms with E-state index >= 15 is 0 Å². The lowest BCUT2D eigenvalue weighted by Crippen LogP contribution is -2.54. The van der Waals surface area contributed by atoms with E-state index in [9.17, 15) is 14.7 Å². The fraction of sp³-hybridized carbons (Fsp3) is 0.800. The molecule has 0 amide bonds. The third kappa shape index (κ3) is 2.54. The number of esters is 1. The summed E-state index contributed by atoms with van der Waals surface area (Å²) in [6.07, 6.45) is 6.71. The van der Waals surface area contributed by atoms with Crippen LogP contribution in [0.25, 0.3) is 0 Å². The van der Waals surface area contributed by atoms with Gasteiger partial charge in [0.2, 0.25) is 0 Å². The van der Waals surface area contributed by atoms with Gasteiger partial charge >= 0.3 is 5.97 Å². The molecular formula is C20H30O4. The first kappa shape index (κ1) is 17.7. The van der Waals surface area contributed by atoms with Gasteiger partial charge in [-0.05, 0) is 61.9 Å². The minimum absolute atomic E-state index is 0.0802. The molecule has 134 valence electrons. The van der Waals surface area contributed by atoms with Gasteiger partial charge in [-0.3, -0.25) is 4.79 Å². The normalized spacial score (nSPS) is 38.0. The first-order chi connectivity index (χ1) is 10.9. The number of Topliss-reactive ketones (excluding diaryl/α,β-unsaturated/α-hetero) is 1. The number of hydrogen-bond acceptors (Lipinski definition) is 4. The van der Waals surface area contributed by atoms with Crippen LogP contribution in [0.4, 0.5) is 0 Å². The number of ether oxygens (including phenoxy) is 1. The standard InChI is InChI=1S/C20H30O4/c1-17(2)8-6-9-19(5)13(17)7-10-20(12-15(21)18(3,4)23)14(19)11-16(22)24-20/h11,13,23H,6-10,12H2,1-5H3/t13-,19-,20-/m0/s1. The van der Waals surface area contributed by atoms with Crippen LogP contribution >= 0.6 is 0 Å². The van der Waals surface area contributed by atoms with Crippen molar-refractivity contribution < 1.29 is 19.4 Å². The topological polar surface area (TPSA) is 63.6 Å². The minimum atomic E-state index is -1.40. The van der Waals surface area contributed by atoms with E-state index in [1.165, 1.54) is 20.3 Å². The van der Waals surface area contributed by atoms with Gasteiger partial charge in [0.05, 0.1) is 6.42 Å². The van der Waals surface area contributed by atoms with E-state index in [1.807, 2.05) is 0 Å². The molecule has 1 aliphatic heterocycles. The third-order valence-corrected chi connectivity index (χ3v) is 6.86. The molecule has 3 rings (SSSR count). The summed E-state index contributed by atoms with van der Waals surface area (Å²) < 4.78 is 5.74. The highest BCUT2D eigenvalue weighted by atomic mass is 16.6. The Kier molecular flexibility index (Phi) is 3.80. The van der Waals surface area contributed by atoms with Crippen LogP contribution in [-0.2, 0) is 14.3 Å². The Labute approximate surface area is 144 Å². The molecule has 2 fully saturated rings. The van der Waals surface area contributed by atoms with Gasteiger partial charge in [0, 0.05) is 6.08 Å². The Hall–Kier alpha value is -1.16. The summed E-state index contributed by atoms with van der Waals surface area (Å²) in [7, 11) is 0. The fourth-order valence-corrected chi connectivity index (χ4v) is 5.62. The van der Waals surface area contributed by atoms with Crippen molar-refractivity contribution in [2.75, 3.05) is 0 Å². The minimum Gasteiger partial charge on any atom is -0.451 e. The second-order valence-corrected chi connectivity index (χ2v) is 9.48. The molecule has 0 aromatic rings. The molecule has 1 N–H and O–H groups in total. The van der Waals surface area contributed by atoms with Gasteiger partial charge in [0.1, 0.15) is 11.2 Å². The van der Waals surface area contributed by atoms with Crippen molar-refractivity contribution in [1.29, 1.82) is 0 Å². The Morgan fingerprint density at radius 2 is 1.96 bits per heavy atom. The maximum atomic E-state index is 12.5. The van der Waals surface area contributed by atoms with Crippen LogP contribution in [0.2, 0.25) is 0 Å². The van der Waals surface area contributed by atoms with E-state index in [1.54, 1.807) is 6.08 Å². The van der Waals surface area contributed by atoms with Crippen LogP contribution in [-0.4, -0.2) is 28.1 Å². The highest BCUT2D eigenvalue weighted by Gasteiger charge is 2.61. The predicted molar refractivity (Wildman–Crippen MR) is 91.3 cm³/mol. The zero-order valence-corrected chi connectivity index (χ0v) is 15.6. The molecule has 4 heteroatoms. The monoisotopic (exact) mass is 334 g/mol. The number of carbonyl (C=O) groups is 2. The Bertz CT molecular complexity index is 610. The number of hydrogen-bond donors (Lipinski definition) is 1. The molecule has 2 saturated carbocycles. The van der Waals surface area contributed by atoms with E-state index in [4.69, 9.17) is 4.74 Å². The maximum absolute atomic E-state index is 12.5. The Morgan fingerprint density at radius 3 is 2.58 bits per heavy atom. The average Bonchev–Trinajstić information content (AvgIpc) is 2.74. The molecule has 1 heterocycles. The van der Waals surface area contributed by atoms with Crippen molar-refractivity contribution in [3.8, 4) is 0 Å². The number of rotatable bonds is 3. The summed E-state index contributed by atoms with van der Waals surface area (Å²) in [4.78, 5) is 24.7. The first-order valence-corrected chi connectivity index (χ1v) is 9.12. The SMILES string of the molecule is CC(C)(O)C(=O)C[C@@]12CC[C@H]3C(C)(C)CCC[C@]3(C)C1=CC(=O)O2. The highest BCUT2D eigenvalue weighted by Crippen LogP contribution is 2.64. The van der Waals surface area contributed by atoms with E-state index in [0.29, 0.717) is 12.3 Å². The fourth-order valence-electron chi connectivity index (χ4n) is 5.62.